The molecule has 0 radical (unpaired) electrons. The molecule has 0 aliphatic heterocycles. The highest BCUT2D eigenvalue weighted by molar-refractivity contribution is 7.80. The van der Waals surface area contributed by atoms with Gasteiger partial charge in [0.25, 0.3) is 0 Å². The van der Waals surface area contributed by atoms with Crippen molar-refractivity contribution in [2.75, 3.05) is 0 Å². The first-order valence-electron chi connectivity index (χ1n) is 3.06. The first-order valence-corrected chi connectivity index (χ1v) is 3.47. The van der Waals surface area contributed by atoms with E-state index in [1.807, 2.05) is 7.05 Å². The van der Waals surface area contributed by atoms with Gasteiger partial charge in [-0.1, -0.05) is 0 Å². The second-order valence-corrected chi connectivity index (χ2v) is 2.46. The largest absolute Gasteiger partial charge is 0.376 e. The molecule has 0 aromatic carbocycles. The van der Waals surface area contributed by atoms with E-state index in [0.29, 0.717) is 6.54 Å². The van der Waals surface area contributed by atoms with Gasteiger partial charge in [0.15, 0.2) is 5.11 Å². The van der Waals surface area contributed by atoms with Crippen molar-refractivity contribution in [1.82, 2.24) is 20.1 Å². The Morgan fingerprint density at radius 1 is 1.91 bits per heavy atom. The highest BCUT2D eigenvalue weighted by Gasteiger charge is 1.98. The predicted octanol–water partition coefficient (Wildman–Crippen LogP) is -0.852. The van der Waals surface area contributed by atoms with Gasteiger partial charge in [-0.05, 0) is 12.2 Å². The topological polar surface area (TPSA) is 68.8 Å². The molecule has 0 fully saturated rings. The van der Waals surface area contributed by atoms with Crippen LogP contribution in [0, 0.1) is 0 Å². The molecule has 1 heterocycles. The fourth-order valence-corrected chi connectivity index (χ4v) is 0.719. The molecule has 0 bridgehead atoms. The van der Waals surface area contributed by atoms with Crippen LogP contribution in [0.2, 0.25) is 0 Å². The molecule has 0 aliphatic rings. The molecule has 1 aromatic heterocycles. The number of nitrogens with one attached hydrogen (secondary N) is 1. The van der Waals surface area contributed by atoms with Gasteiger partial charge in [0.05, 0.1) is 6.54 Å². The normalized spacial score (nSPS) is 9.55. The molecule has 0 saturated carbocycles. The first-order chi connectivity index (χ1) is 5.20. The molecule has 60 valence electrons. The Balaban J connectivity index is 2.51. The Morgan fingerprint density at radius 2 is 2.64 bits per heavy atom. The van der Waals surface area contributed by atoms with Gasteiger partial charge >= 0.3 is 0 Å². The van der Waals surface area contributed by atoms with E-state index < -0.39 is 0 Å². The molecule has 6 heteroatoms. The first kappa shape index (κ1) is 7.93. The van der Waals surface area contributed by atoms with Gasteiger partial charge in [-0.25, -0.2) is 4.98 Å². The van der Waals surface area contributed by atoms with Crippen molar-refractivity contribution in [2.45, 2.75) is 6.54 Å². The molecule has 0 atom stereocenters. The van der Waals surface area contributed by atoms with Gasteiger partial charge in [0.2, 0.25) is 0 Å². The molecular formula is C5H9N5S. The maximum absolute atomic E-state index is 5.22. The summed E-state index contributed by atoms with van der Waals surface area (Å²) in [6.07, 6.45) is 1.48. The molecule has 5 nitrogen and oxygen atoms in total. The molecule has 0 aliphatic carbocycles. The number of thiocarbonyl (C=S) groups is 1. The summed E-state index contributed by atoms with van der Waals surface area (Å²) in [5.74, 6) is 0.804. The average Bonchev–Trinajstić information content (AvgIpc) is 2.31. The summed E-state index contributed by atoms with van der Waals surface area (Å²) in [7, 11) is 1.81. The van der Waals surface area contributed by atoms with Crippen LogP contribution < -0.4 is 11.1 Å². The van der Waals surface area contributed by atoms with Gasteiger partial charge in [-0.15, -0.1) is 0 Å². The Morgan fingerprint density at radius 3 is 3.09 bits per heavy atom. The van der Waals surface area contributed by atoms with Crippen molar-refractivity contribution < 1.29 is 0 Å². The average molecular weight is 171 g/mol. The Hall–Kier alpha value is -1.17. The third-order valence-corrected chi connectivity index (χ3v) is 1.37. The number of nitrogens with two attached hydrogens (primary N) is 1. The maximum Gasteiger partial charge on any atom is 0.164 e. The van der Waals surface area contributed by atoms with Crippen LogP contribution in [0.5, 0.6) is 0 Å². The van der Waals surface area contributed by atoms with Crippen molar-refractivity contribution >= 4 is 17.3 Å². The standard InChI is InChI=1S/C5H9N5S/c1-10-4(8-3-9-10)2-7-5(6)11/h3H,2H2,1H3,(H3,6,7,11). The lowest BCUT2D eigenvalue weighted by Gasteiger charge is -2.01. The zero-order valence-corrected chi connectivity index (χ0v) is 6.93. The van der Waals surface area contributed by atoms with Crippen LogP contribution in [-0.2, 0) is 13.6 Å². The summed E-state index contributed by atoms with van der Waals surface area (Å²) in [5, 5.41) is 6.92. The lowest BCUT2D eigenvalue weighted by atomic mass is 10.6. The molecule has 1 aromatic rings. The van der Waals surface area contributed by atoms with E-state index in [2.05, 4.69) is 27.6 Å². The highest BCUT2D eigenvalue weighted by atomic mass is 32.1. The molecule has 3 N–H and O–H groups in total. The molecule has 11 heavy (non-hydrogen) atoms. The van der Waals surface area contributed by atoms with Gasteiger partial charge in [-0.3, -0.25) is 4.68 Å². The number of aryl methyl sites for hydroxylation is 1. The van der Waals surface area contributed by atoms with E-state index >= 15 is 0 Å². The quantitative estimate of drug-likeness (QED) is 0.567. The summed E-state index contributed by atoms with van der Waals surface area (Å²) < 4.78 is 1.66. The Kier molecular flexibility index (Phi) is 2.37. The van der Waals surface area contributed by atoms with Crippen LogP contribution in [-0.4, -0.2) is 19.9 Å². The van der Waals surface area contributed by atoms with E-state index in [1.54, 1.807) is 4.68 Å². The lowest BCUT2D eigenvalue weighted by Crippen LogP contribution is -2.29. The minimum Gasteiger partial charge on any atom is -0.376 e. The summed E-state index contributed by atoms with van der Waals surface area (Å²) in [6, 6.07) is 0. The molecule has 0 spiro atoms. The monoisotopic (exact) mass is 171 g/mol. The van der Waals surface area contributed by atoms with Crippen molar-refractivity contribution in [3.63, 3.8) is 0 Å². The van der Waals surface area contributed by atoms with Crippen molar-refractivity contribution in [3.05, 3.63) is 12.2 Å². The molecule has 0 amide bonds. The van der Waals surface area contributed by atoms with E-state index in [0.717, 1.165) is 5.82 Å². The molecule has 0 unspecified atom stereocenters. The highest BCUT2D eigenvalue weighted by Crippen LogP contribution is 1.87. The van der Waals surface area contributed by atoms with Gasteiger partial charge in [0.1, 0.15) is 12.2 Å². The third-order valence-electron chi connectivity index (χ3n) is 1.23. The minimum absolute atomic E-state index is 0.271. The van der Waals surface area contributed by atoms with Crippen LogP contribution in [0.15, 0.2) is 6.33 Å². The number of nitrogens with zero attached hydrogens (tertiary/aromatic N) is 3. The summed E-state index contributed by atoms with van der Waals surface area (Å²) >= 11 is 4.62. The van der Waals surface area contributed by atoms with Crippen molar-refractivity contribution in [1.29, 1.82) is 0 Å². The predicted molar refractivity (Wildman–Crippen MR) is 44.6 cm³/mol. The van der Waals surface area contributed by atoms with Crippen molar-refractivity contribution in [2.24, 2.45) is 12.8 Å². The van der Waals surface area contributed by atoms with Crippen molar-refractivity contribution in [3.8, 4) is 0 Å². The molecule has 1 rings (SSSR count). The zero-order chi connectivity index (χ0) is 8.27. The summed E-state index contributed by atoms with van der Waals surface area (Å²) in [6.45, 7) is 0.520. The molecule has 0 saturated heterocycles. The Bertz CT molecular complexity index is 255. The number of aromatic nitrogens is 3. The van der Waals surface area contributed by atoms with E-state index in [4.69, 9.17) is 5.73 Å². The second-order valence-electron chi connectivity index (χ2n) is 2.02. The van der Waals surface area contributed by atoms with Crippen LogP contribution in [0.3, 0.4) is 0 Å². The van der Waals surface area contributed by atoms with Crippen LogP contribution in [0.25, 0.3) is 0 Å². The van der Waals surface area contributed by atoms with E-state index in [1.165, 1.54) is 6.33 Å². The third kappa shape index (κ3) is 2.15. The summed E-state index contributed by atoms with van der Waals surface area (Å²) in [4.78, 5) is 3.96. The number of hydrogen-bond acceptors (Lipinski definition) is 3. The van der Waals surface area contributed by atoms with Gasteiger partial charge in [-0.2, -0.15) is 5.10 Å². The maximum atomic E-state index is 5.22. The fourth-order valence-electron chi connectivity index (χ4n) is 0.646. The second kappa shape index (κ2) is 3.29. The SMILES string of the molecule is Cn1ncnc1CNC(N)=S. The summed E-state index contributed by atoms with van der Waals surface area (Å²) in [5.41, 5.74) is 5.22. The van der Waals surface area contributed by atoms with Gasteiger partial charge < -0.3 is 11.1 Å². The van der Waals surface area contributed by atoms with Crippen LogP contribution in [0.4, 0.5) is 0 Å². The fraction of sp³-hybridized carbons (Fsp3) is 0.400. The van der Waals surface area contributed by atoms with Gasteiger partial charge in [0, 0.05) is 7.05 Å². The zero-order valence-electron chi connectivity index (χ0n) is 6.11. The lowest BCUT2D eigenvalue weighted by molar-refractivity contribution is 0.682. The van der Waals surface area contributed by atoms with E-state index in [9.17, 15) is 0 Å². The van der Waals surface area contributed by atoms with Crippen LogP contribution >= 0.6 is 12.2 Å². The molecular weight excluding hydrogens is 162 g/mol. The minimum atomic E-state index is 0.271. The number of rotatable bonds is 2. The smallest absolute Gasteiger partial charge is 0.164 e. The number of hydrogen-bond donors (Lipinski definition) is 2. The van der Waals surface area contributed by atoms with Crippen LogP contribution in [0.1, 0.15) is 5.82 Å². The Labute approximate surface area is 69.6 Å². The van der Waals surface area contributed by atoms with E-state index in [-0.39, 0.29) is 5.11 Å².